The number of carbonyl (C=O) groups is 1. The van der Waals surface area contributed by atoms with Crippen molar-refractivity contribution in [2.45, 2.75) is 12.9 Å². The minimum absolute atomic E-state index is 0.0378. The number of likely N-dealkylation sites (N-methyl/N-ethyl adjacent to an activating group) is 1. The van der Waals surface area contributed by atoms with E-state index in [4.69, 9.17) is 0 Å². The lowest BCUT2D eigenvalue weighted by atomic mass is 10.2. The Balaban J connectivity index is 1.34. The summed E-state index contributed by atoms with van der Waals surface area (Å²) in [5, 5.41) is 0. The Bertz CT molecular complexity index is 930. The zero-order valence-electron chi connectivity index (χ0n) is 17.9. The van der Waals surface area contributed by atoms with Crippen molar-refractivity contribution in [2.75, 3.05) is 57.9 Å². The fraction of sp³-hybridized carbons (Fsp3) is 0.455. The minimum Gasteiger partial charge on any atom is -0.406 e. The zero-order valence-corrected chi connectivity index (χ0v) is 17.9. The van der Waals surface area contributed by atoms with Gasteiger partial charge in [-0.15, -0.1) is 13.2 Å². The van der Waals surface area contributed by atoms with Gasteiger partial charge in [-0.3, -0.25) is 14.7 Å². The van der Waals surface area contributed by atoms with E-state index in [0.29, 0.717) is 32.0 Å². The maximum atomic E-state index is 12.8. The van der Waals surface area contributed by atoms with Crippen molar-refractivity contribution in [3.8, 4) is 5.75 Å². The predicted octanol–water partition coefficient (Wildman–Crippen LogP) is 2.65. The van der Waals surface area contributed by atoms with E-state index in [1.165, 1.54) is 12.1 Å². The molecule has 7 nitrogen and oxygen atoms in total. The van der Waals surface area contributed by atoms with Crippen LogP contribution in [0.1, 0.15) is 16.1 Å². The second-order valence-corrected chi connectivity index (χ2v) is 8.14. The van der Waals surface area contributed by atoms with E-state index in [9.17, 15) is 18.0 Å². The number of hydrogen-bond donors (Lipinski definition) is 0. The smallest absolute Gasteiger partial charge is 0.406 e. The van der Waals surface area contributed by atoms with E-state index in [-0.39, 0.29) is 11.7 Å². The van der Waals surface area contributed by atoms with Crippen LogP contribution in [0.25, 0.3) is 0 Å². The number of pyridine rings is 1. The second-order valence-electron chi connectivity index (χ2n) is 8.14. The number of rotatable bonds is 5. The summed E-state index contributed by atoms with van der Waals surface area (Å²) in [6, 6.07) is 9.67. The van der Waals surface area contributed by atoms with Crippen LogP contribution in [0.5, 0.6) is 5.75 Å². The molecule has 0 atom stereocenters. The van der Waals surface area contributed by atoms with Gasteiger partial charge in [0.05, 0.1) is 6.67 Å². The van der Waals surface area contributed by atoms with E-state index in [1.807, 2.05) is 24.1 Å². The van der Waals surface area contributed by atoms with Crippen LogP contribution in [0.2, 0.25) is 0 Å². The molecule has 0 radical (unpaired) electrons. The van der Waals surface area contributed by atoms with Crippen molar-refractivity contribution in [3.63, 3.8) is 0 Å². The van der Waals surface area contributed by atoms with Crippen LogP contribution in [-0.4, -0.2) is 84.9 Å². The number of nitrogens with zero attached hydrogens (tertiary/aromatic N) is 5. The molecular weight excluding hydrogens is 423 g/mol. The third-order valence-electron chi connectivity index (χ3n) is 5.73. The molecule has 10 heteroatoms. The predicted molar refractivity (Wildman–Crippen MR) is 113 cm³/mol. The van der Waals surface area contributed by atoms with Crippen LogP contribution in [0.15, 0.2) is 42.6 Å². The van der Waals surface area contributed by atoms with E-state index in [1.54, 1.807) is 18.3 Å². The number of hydrogen-bond acceptors (Lipinski definition) is 6. The number of alkyl halides is 3. The lowest BCUT2D eigenvalue weighted by molar-refractivity contribution is -0.274. The van der Waals surface area contributed by atoms with Crippen LogP contribution in [0.3, 0.4) is 0 Å². The van der Waals surface area contributed by atoms with Gasteiger partial charge in [-0.1, -0.05) is 0 Å². The molecular formula is C22H26F3N5O2. The van der Waals surface area contributed by atoms with Gasteiger partial charge >= 0.3 is 6.36 Å². The number of halogens is 3. The molecule has 2 aliphatic heterocycles. The van der Waals surface area contributed by atoms with Crippen molar-refractivity contribution < 1.29 is 22.7 Å². The maximum Gasteiger partial charge on any atom is 0.573 e. The summed E-state index contributed by atoms with van der Waals surface area (Å²) in [6.45, 7) is 6.00. The number of amides is 1. The number of aromatic nitrogens is 1. The summed E-state index contributed by atoms with van der Waals surface area (Å²) >= 11 is 0. The summed E-state index contributed by atoms with van der Waals surface area (Å²) in [6.07, 6.45) is -3.02. The molecule has 0 spiro atoms. The molecule has 0 aliphatic carbocycles. The third kappa shape index (κ3) is 5.68. The standard InChI is InChI=1S/C22H26F3N5O2/c1-27-8-11-29(12-9-27)21(31)20-14-17(6-7-26-20)15-28-10-13-30(16-28)18-2-4-19(5-3-18)32-22(23,24)25/h2-7,14H,8-13,15-16H2,1H3. The normalized spacial score (nSPS) is 18.2. The van der Waals surface area contributed by atoms with E-state index in [2.05, 4.69) is 24.4 Å². The van der Waals surface area contributed by atoms with Crippen LogP contribution < -0.4 is 9.64 Å². The van der Waals surface area contributed by atoms with Crippen LogP contribution >= 0.6 is 0 Å². The van der Waals surface area contributed by atoms with Crippen molar-refractivity contribution >= 4 is 11.6 Å². The molecule has 172 valence electrons. The zero-order chi connectivity index (χ0) is 22.7. The van der Waals surface area contributed by atoms with Gasteiger partial charge in [-0.05, 0) is 49.0 Å². The molecule has 4 rings (SSSR count). The lowest BCUT2D eigenvalue weighted by Gasteiger charge is -2.32. The van der Waals surface area contributed by atoms with Crippen LogP contribution in [0, 0.1) is 0 Å². The number of benzene rings is 1. The molecule has 32 heavy (non-hydrogen) atoms. The highest BCUT2D eigenvalue weighted by atomic mass is 19.4. The van der Waals surface area contributed by atoms with Crippen LogP contribution in [-0.2, 0) is 6.54 Å². The summed E-state index contributed by atoms with van der Waals surface area (Å²) in [5.74, 6) is -0.268. The second kappa shape index (κ2) is 9.33. The molecule has 1 aromatic heterocycles. The topological polar surface area (TPSA) is 52.2 Å². The lowest BCUT2D eigenvalue weighted by Crippen LogP contribution is -2.47. The summed E-state index contributed by atoms with van der Waals surface area (Å²) in [5.41, 5.74) is 2.30. The average Bonchev–Trinajstić information content (AvgIpc) is 3.22. The number of carbonyl (C=O) groups excluding carboxylic acids is 1. The Morgan fingerprint density at radius 1 is 1.03 bits per heavy atom. The Kier molecular flexibility index (Phi) is 6.52. The molecule has 0 saturated carbocycles. The fourth-order valence-corrected chi connectivity index (χ4v) is 3.96. The largest absolute Gasteiger partial charge is 0.573 e. The average molecular weight is 449 g/mol. The molecule has 0 bridgehead atoms. The molecule has 0 N–H and O–H groups in total. The van der Waals surface area contributed by atoms with Gasteiger partial charge in [0.2, 0.25) is 0 Å². The van der Waals surface area contributed by atoms with Crippen molar-refractivity contribution in [1.82, 2.24) is 19.7 Å². The molecule has 3 heterocycles. The third-order valence-corrected chi connectivity index (χ3v) is 5.73. The molecule has 2 saturated heterocycles. The minimum atomic E-state index is -4.69. The van der Waals surface area contributed by atoms with E-state index in [0.717, 1.165) is 37.4 Å². The summed E-state index contributed by atoms with van der Waals surface area (Å²) in [4.78, 5) is 25.4. The first-order valence-corrected chi connectivity index (χ1v) is 10.5. The Labute approximate surface area is 185 Å². The summed E-state index contributed by atoms with van der Waals surface area (Å²) in [7, 11) is 2.05. The van der Waals surface area contributed by atoms with Gasteiger partial charge in [0.1, 0.15) is 11.4 Å². The van der Waals surface area contributed by atoms with Gasteiger partial charge in [0, 0.05) is 57.7 Å². The Morgan fingerprint density at radius 3 is 2.44 bits per heavy atom. The Hall–Kier alpha value is -2.85. The molecule has 2 aliphatic rings. The number of piperazine rings is 1. The molecule has 2 fully saturated rings. The quantitative estimate of drug-likeness (QED) is 0.700. The highest BCUT2D eigenvalue weighted by molar-refractivity contribution is 5.92. The summed E-state index contributed by atoms with van der Waals surface area (Å²) < 4.78 is 40.9. The van der Waals surface area contributed by atoms with Crippen molar-refractivity contribution in [3.05, 3.63) is 53.9 Å². The maximum absolute atomic E-state index is 12.8. The van der Waals surface area contributed by atoms with Crippen LogP contribution in [0.4, 0.5) is 18.9 Å². The fourth-order valence-electron chi connectivity index (χ4n) is 3.96. The van der Waals surface area contributed by atoms with Gasteiger partial charge in [-0.2, -0.15) is 0 Å². The highest BCUT2D eigenvalue weighted by Gasteiger charge is 2.31. The van der Waals surface area contributed by atoms with Crippen molar-refractivity contribution in [2.24, 2.45) is 0 Å². The SMILES string of the molecule is CN1CCN(C(=O)c2cc(CN3CCN(c4ccc(OC(F)(F)F)cc4)C3)ccn2)CC1. The van der Waals surface area contributed by atoms with E-state index >= 15 is 0 Å². The van der Waals surface area contributed by atoms with Gasteiger partial charge in [-0.25, -0.2) is 0 Å². The first-order chi connectivity index (χ1) is 15.3. The van der Waals surface area contributed by atoms with Gasteiger partial charge in [0.25, 0.3) is 5.91 Å². The molecule has 2 aromatic rings. The Morgan fingerprint density at radius 2 is 1.75 bits per heavy atom. The first-order valence-electron chi connectivity index (χ1n) is 10.5. The number of ether oxygens (including phenoxy) is 1. The van der Waals surface area contributed by atoms with Crippen molar-refractivity contribution in [1.29, 1.82) is 0 Å². The molecule has 1 aromatic carbocycles. The molecule has 1 amide bonds. The van der Waals surface area contributed by atoms with Gasteiger partial charge in [0.15, 0.2) is 0 Å². The van der Waals surface area contributed by atoms with E-state index < -0.39 is 6.36 Å². The number of anilines is 1. The van der Waals surface area contributed by atoms with Gasteiger partial charge < -0.3 is 19.4 Å². The first kappa shape index (κ1) is 22.3. The highest BCUT2D eigenvalue weighted by Crippen LogP contribution is 2.26. The molecule has 0 unspecified atom stereocenters. The monoisotopic (exact) mass is 449 g/mol.